The number of fused-ring (bicyclic) bond motifs is 2. The fourth-order valence-electron chi connectivity index (χ4n) is 2.69. The molecule has 0 unspecified atom stereocenters. The minimum Gasteiger partial charge on any atom is -0.454 e. The Balaban J connectivity index is 1.46. The summed E-state index contributed by atoms with van der Waals surface area (Å²) in [5.74, 6) is 1.66. The number of nitrogens with zero attached hydrogens (tertiary/aromatic N) is 1. The van der Waals surface area contributed by atoms with Crippen molar-refractivity contribution in [3.63, 3.8) is 0 Å². The summed E-state index contributed by atoms with van der Waals surface area (Å²) in [6.07, 6.45) is 3.23. The van der Waals surface area contributed by atoms with Crippen LogP contribution >= 0.6 is 11.3 Å². The highest BCUT2D eigenvalue weighted by Gasteiger charge is 2.12. The van der Waals surface area contributed by atoms with Gasteiger partial charge in [0.25, 0.3) is 0 Å². The summed E-state index contributed by atoms with van der Waals surface area (Å²) in [5.41, 5.74) is 3.03. The van der Waals surface area contributed by atoms with Crippen LogP contribution in [0.3, 0.4) is 0 Å². The van der Waals surface area contributed by atoms with E-state index in [1.165, 1.54) is 23.0 Å². The number of hydrogen-bond acceptors (Lipinski definition) is 5. The van der Waals surface area contributed by atoms with Crippen LogP contribution < -0.4 is 14.8 Å². The number of benzene rings is 2. The van der Waals surface area contributed by atoms with E-state index in [-0.39, 0.29) is 12.7 Å². The predicted octanol–water partition coefficient (Wildman–Crippen LogP) is 4.80. The van der Waals surface area contributed by atoms with Crippen molar-refractivity contribution in [1.29, 1.82) is 0 Å². The minimum absolute atomic E-state index is 0.217. The number of carbonyl (C=O) groups excluding carboxylic acids is 1. The monoisotopic (exact) mass is 366 g/mol. The van der Waals surface area contributed by atoms with E-state index in [0.717, 1.165) is 21.5 Å². The molecule has 0 bridgehead atoms. The highest BCUT2D eigenvalue weighted by Crippen LogP contribution is 2.33. The lowest BCUT2D eigenvalue weighted by atomic mass is 10.0. The fourth-order valence-corrected chi connectivity index (χ4v) is 3.61. The standard InChI is InChI=1S/C20H18N2O3S/c1-12(2)14-5-6-15-18(10-14)26-20(21-15)22-19(23)8-4-13-3-7-16-17(9-13)25-11-24-16/h3-10,12H,11H2,1-2H3,(H,21,22,23)/b8-4-. The van der Waals surface area contributed by atoms with E-state index >= 15 is 0 Å². The molecule has 1 aliphatic rings. The normalized spacial score (nSPS) is 13.0. The van der Waals surface area contributed by atoms with Crippen LogP contribution in [0.25, 0.3) is 16.3 Å². The molecule has 1 aromatic heterocycles. The van der Waals surface area contributed by atoms with E-state index in [1.54, 1.807) is 6.08 Å². The van der Waals surface area contributed by atoms with Gasteiger partial charge in [0.1, 0.15) is 0 Å². The maximum atomic E-state index is 12.2. The molecule has 6 heteroatoms. The largest absolute Gasteiger partial charge is 0.454 e. The molecule has 1 amide bonds. The molecule has 0 radical (unpaired) electrons. The molecule has 4 rings (SSSR count). The molecule has 2 aromatic carbocycles. The lowest BCUT2D eigenvalue weighted by Gasteiger charge is -2.03. The van der Waals surface area contributed by atoms with E-state index in [9.17, 15) is 4.79 Å². The van der Waals surface area contributed by atoms with Gasteiger partial charge in [0.15, 0.2) is 16.6 Å². The molecular formula is C20H18N2O3S. The SMILES string of the molecule is CC(C)c1ccc2nc(NC(=O)/C=C\c3ccc4c(c3)OCO4)sc2c1. The lowest BCUT2D eigenvalue weighted by molar-refractivity contribution is -0.111. The third-order valence-corrected chi connectivity index (χ3v) is 5.07. The average Bonchev–Trinajstić information content (AvgIpc) is 3.24. The zero-order valence-corrected chi connectivity index (χ0v) is 15.3. The molecule has 5 nitrogen and oxygen atoms in total. The predicted molar refractivity (Wildman–Crippen MR) is 104 cm³/mol. The zero-order valence-electron chi connectivity index (χ0n) is 14.5. The van der Waals surface area contributed by atoms with Gasteiger partial charge < -0.3 is 9.47 Å². The van der Waals surface area contributed by atoms with Crippen molar-refractivity contribution in [2.75, 3.05) is 12.1 Å². The molecule has 3 aromatic rings. The van der Waals surface area contributed by atoms with Gasteiger partial charge in [-0.2, -0.15) is 0 Å². The molecule has 26 heavy (non-hydrogen) atoms. The van der Waals surface area contributed by atoms with E-state index < -0.39 is 0 Å². The molecular weight excluding hydrogens is 348 g/mol. The van der Waals surface area contributed by atoms with Crippen LogP contribution in [0.4, 0.5) is 5.13 Å². The van der Waals surface area contributed by atoms with E-state index in [4.69, 9.17) is 9.47 Å². The van der Waals surface area contributed by atoms with Gasteiger partial charge in [-0.25, -0.2) is 4.98 Å². The number of rotatable bonds is 4. The molecule has 1 aliphatic heterocycles. The number of anilines is 1. The molecule has 132 valence electrons. The molecule has 0 fully saturated rings. The molecule has 0 atom stereocenters. The van der Waals surface area contributed by atoms with Crippen LogP contribution in [0.5, 0.6) is 11.5 Å². The van der Waals surface area contributed by atoms with Gasteiger partial charge in [-0.3, -0.25) is 10.1 Å². The van der Waals surface area contributed by atoms with Gasteiger partial charge in [0.05, 0.1) is 10.2 Å². The summed E-state index contributed by atoms with van der Waals surface area (Å²) in [5, 5.41) is 3.43. The topological polar surface area (TPSA) is 60.5 Å². The molecule has 0 spiro atoms. The molecule has 1 N–H and O–H groups in total. The summed E-state index contributed by atoms with van der Waals surface area (Å²) in [6.45, 7) is 4.55. The molecule has 0 saturated carbocycles. The number of thiazole rings is 1. The summed E-state index contributed by atoms with van der Waals surface area (Å²) < 4.78 is 11.7. The van der Waals surface area contributed by atoms with Crippen LogP contribution in [0.2, 0.25) is 0 Å². The lowest BCUT2D eigenvalue weighted by Crippen LogP contribution is -2.07. The number of carbonyl (C=O) groups is 1. The Hall–Kier alpha value is -2.86. The Kier molecular flexibility index (Phi) is 4.34. The third kappa shape index (κ3) is 3.41. The van der Waals surface area contributed by atoms with Gasteiger partial charge in [0, 0.05) is 6.08 Å². The van der Waals surface area contributed by atoms with E-state index in [1.807, 2.05) is 24.3 Å². The van der Waals surface area contributed by atoms with Crippen LogP contribution in [-0.4, -0.2) is 17.7 Å². The van der Waals surface area contributed by atoms with Crippen LogP contribution in [-0.2, 0) is 4.79 Å². The Morgan fingerprint density at radius 1 is 1.19 bits per heavy atom. The van der Waals surface area contributed by atoms with Gasteiger partial charge >= 0.3 is 0 Å². The summed E-state index contributed by atoms with van der Waals surface area (Å²) in [7, 11) is 0. The Morgan fingerprint density at radius 3 is 2.88 bits per heavy atom. The van der Waals surface area contributed by atoms with Gasteiger partial charge in [-0.15, -0.1) is 0 Å². The van der Waals surface area contributed by atoms with Crippen LogP contribution in [0, 0.1) is 0 Å². The summed E-state index contributed by atoms with van der Waals surface area (Å²) in [4.78, 5) is 16.7. The minimum atomic E-state index is -0.217. The number of nitrogens with one attached hydrogen (secondary N) is 1. The van der Waals surface area contributed by atoms with Gasteiger partial charge in [0.2, 0.25) is 12.7 Å². The second-order valence-corrected chi connectivity index (χ2v) is 7.37. The van der Waals surface area contributed by atoms with Crippen molar-refractivity contribution in [1.82, 2.24) is 4.98 Å². The van der Waals surface area contributed by atoms with Crippen LogP contribution in [0.15, 0.2) is 42.5 Å². The van der Waals surface area contributed by atoms with Crippen molar-refractivity contribution >= 4 is 38.7 Å². The number of hydrogen-bond donors (Lipinski definition) is 1. The quantitative estimate of drug-likeness (QED) is 0.674. The summed E-state index contributed by atoms with van der Waals surface area (Å²) in [6, 6.07) is 11.8. The van der Waals surface area contributed by atoms with Crippen molar-refractivity contribution in [3.8, 4) is 11.5 Å². The smallest absolute Gasteiger partial charge is 0.250 e. The average molecular weight is 366 g/mol. The Morgan fingerprint density at radius 2 is 2.04 bits per heavy atom. The highest BCUT2D eigenvalue weighted by atomic mass is 32.1. The number of ether oxygens (including phenoxy) is 2. The van der Waals surface area contributed by atoms with Gasteiger partial charge in [-0.1, -0.05) is 37.3 Å². The van der Waals surface area contributed by atoms with Crippen LogP contribution in [0.1, 0.15) is 30.9 Å². The number of amides is 1. The van der Waals surface area contributed by atoms with Crippen molar-refractivity contribution in [3.05, 3.63) is 53.6 Å². The van der Waals surface area contributed by atoms with Crippen molar-refractivity contribution < 1.29 is 14.3 Å². The van der Waals surface area contributed by atoms with Crippen molar-refractivity contribution in [2.24, 2.45) is 0 Å². The van der Waals surface area contributed by atoms with E-state index in [2.05, 4.69) is 36.3 Å². The second-order valence-electron chi connectivity index (χ2n) is 6.34. The molecule has 2 heterocycles. The highest BCUT2D eigenvalue weighted by molar-refractivity contribution is 7.22. The van der Waals surface area contributed by atoms with Gasteiger partial charge in [-0.05, 0) is 47.4 Å². The molecule has 0 aliphatic carbocycles. The Bertz CT molecular complexity index is 1010. The third-order valence-electron chi connectivity index (χ3n) is 4.13. The first-order valence-electron chi connectivity index (χ1n) is 8.38. The zero-order chi connectivity index (χ0) is 18.1. The maximum absolute atomic E-state index is 12.2. The first-order chi connectivity index (χ1) is 12.6. The first kappa shape index (κ1) is 16.6. The van der Waals surface area contributed by atoms with Crippen molar-refractivity contribution in [2.45, 2.75) is 19.8 Å². The maximum Gasteiger partial charge on any atom is 0.250 e. The number of aromatic nitrogens is 1. The second kappa shape index (κ2) is 6.80. The first-order valence-corrected chi connectivity index (χ1v) is 9.19. The Labute approximate surface area is 155 Å². The van der Waals surface area contributed by atoms with E-state index in [0.29, 0.717) is 16.8 Å². The fraction of sp³-hybridized carbons (Fsp3) is 0.200. The summed E-state index contributed by atoms with van der Waals surface area (Å²) >= 11 is 1.48. The molecule has 0 saturated heterocycles.